The van der Waals surface area contributed by atoms with Gasteiger partial charge in [-0.25, -0.2) is 16.8 Å². The van der Waals surface area contributed by atoms with Crippen LogP contribution >= 0.6 is 0 Å². The molecule has 0 saturated carbocycles. The van der Waals surface area contributed by atoms with E-state index in [1.165, 1.54) is 32.3 Å². The highest BCUT2D eigenvalue weighted by molar-refractivity contribution is 8.10. The van der Waals surface area contributed by atoms with Crippen molar-refractivity contribution in [2.45, 2.75) is 13.8 Å². The van der Waals surface area contributed by atoms with Crippen molar-refractivity contribution in [3.05, 3.63) is 48.3 Å². The first kappa shape index (κ1) is 20.8. The summed E-state index contributed by atoms with van der Waals surface area (Å²) in [5, 5.41) is 10.5. The highest BCUT2D eigenvalue weighted by atomic mass is 32.3. The lowest BCUT2D eigenvalue weighted by molar-refractivity contribution is 0.585. The van der Waals surface area contributed by atoms with Crippen molar-refractivity contribution < 1.29 is 16.8 Å². The Morgan fingerprint density at radius 3 is 2.28 bits per heavy atom. The fourth-order valence-corrected chi connectivity index (χ4v) is 6.56. The van der Waals surface area contributed by atoms with Crippen LogP contribution in [0.5, 0.6) is 0 Å². The Hall–Kier alpha value is -2.90. The van der Waals surface area contributed by atoms with E-state index in [-0.39, 0.29) is 17.2 Å². The van der Waals surface area contributed by atoms with Gasteiger partial charge in [-0.05, 0) is 26.0 Å². The predicted molar refractivity (Wildman–Crippen MR) is 112 cm³/mol. The Kier molecular flexibility index (Phi) is 5.38. The molecule has 2 heterocycles. The van der Waals surface area contributed by atoms with Crippen LogP contribution in [0.2, 0.25) is 0 Å². The molecule has 0 atom stereocenters. The van der Waals surface area contributed by atoms with Crippen LogP contribution in [0.1, 0.15) is 19.4 Å². The Morgan fingerprint density at radius 1 is 1.07 bits per heavy atom. The number of hydrogen-bond acceptors (Lipinski definition) is 6. The average molecular weight is 433 g/mol. The minimum absolute atomic E-state index is 0.0830. The van der Waals surface area contributed by atoms with E-state index >= 15 is 0 Å². The maximum Gasteiger partial charge on any atom is 0.248 e. The van der Waals surface area contributed by atoms with Gasteiger partial charge in [-0.3, -0.25) is 4.98 Å². The number of hydrogen-bond donors (Lipinski definition) is 0. The first-order valence-electron chi connectivity index (χ1n) is 8.86. The van der Waals surface area contributed by atoms with E-state index in [4.69, 9.17) is 0 Å². The van der Waals surface area contributed by atoms with E-state index in [0.717, 1.165) is 10.9 Å². The number of aryl methyl sites for hydroxylation is 1. The van der Waals surface area contributed by atoms with Gasteiger partial charge >= 0.3 is 0 Å². The van der Waals surface area contributed by atoms with Gasteiger partial charge in [-0.15, -0.1) is 0 Å². The second kappa shape index (κ2) is 7.50. The maximum atomic E-state index is 12.5. The molecule has 0 aliphatic heterocycles. The van der Waals surface area contributed by atoms with Crippen molar-refractivity contribution >= 4 is 36.6 Å². The number of pyridine rings is 1. The lowest BCUT2D eigenvalue weighted by atomic mass is 10.1. The molecule has 2 aromatic heterocycles. The van der Waals surface area contributed by atoms with Gasteiger partial charge in [-0.2, -0.15) is 8.97 Å². The molecule has 29 heavy (non-hydrogen) atoms. The lowest BCUT2D eigenvalue weighted by Gasteiger charge is -2.22. The molecular formula is C19H20N4O4S2. The van der Waals surface area contributed by atoms with Gasteiger partial charge in [0.25, 0.3) is 0 Å². The summed E-state index contributed by atoms with van der Waals surface area (Å²) in [6.45, 7) is 2.75. The fourth-order valence-electron chi connectivity index (χ4n) is 3.23. The van der Waals surface area contributed by atoms with Crippen molar-refractivity contribution in [1.82, 2.24) is 9.55 Å². The summed E-state index contributed by atoms with van der Waals surface area (Å²) >= 11 is 0. The highest BCUT2D eigenvalue weighted by Crippen LogP contribution is 2.34. The number of anilines is 1. The Labute approximate surface area is 170 Å². The standard InChI is InChI=1S/C19H20N4O4S2/c1-4-28(24,25)23(29(26,27)5-2)15-10-14(12-21-13-15)19-17(11-20)16-8-6-7-9-18(16)22(19)3/h6-10,12-13H,4-5H2,1-3H3. The molecule has 0 bridgehead atoms. The molecule has 8 nitrogen and oxygen atoms in total. The molecule has 0 N–H and O–H groups in total. The fraction of sp³-hybridized carbons (Fsp3) is 0.263. The number of benzene rings is 1. The number of para-hydroxylation sites is 1. The van der Waals surface area contributed by atoms with Crippen LogP contribution in [0.15, 0.2) is 42.7 Å². The smallest absolute Gasteiger partial charge is 0.248 e. The number of rotatable bonds is 6. The normalized spacial score (nSPS) is 12.1. The van der Waals surface area contributed by atoms with E-state index in [1.54, 1.807) is 7.05 Å². The largest absolute Gasteiger partial charge is 0.342 e. The summed E-state index contributed by atoms with van der Waals surface area (Å²) in [6, 6.07) is 11.0. The zero-order chi connectivity index (χ0) is 21.4. The molecule has 0 fully saturated rings. The first-order valence-corrected chi connectivity index (χ1v) is 12.1. The highest BCUT2D eigenvalue weighted by Gasteiger charge is 2.32. The molecule has 1 aromatic carbocycles. The molecule has 0 spiro atoms. The maximum absolute atomic E-state index is 12.5. The molecule has 0 aliphatic carbocycles. The van der Waals surface area contributed by atoms with Crippen LogP contribution in [0.3, 0.4) is 0 Å². The summed E-state index contributed by atoms with van der Waals surface area (Å²) in [5.74, 6) is -0.762. The third kappa shape index (κ3) is 3.47. The van der Waals surface area contributed by atoms with Crippen molar-refractivity contribution in [2.75, 3.05) is 15.2 Å². The van der Waals surface area contributed by atoms with Gasteiger partial charge in [-0.1, -0.05) is 18.2 Å². The van der Waals surface area contributed by atoms with Crippen molar-refractivity contribution in [3.63, 3.8) is 0 Å². The summed E-state index contributed by atoms with van der Waals surface area (Å²) in [7, 11) is -6.41. The molecule has 152 valence electrons. The number of aromatic nitrogens is 2. The van der Waals surface area contributed by atoms with Gasteiger partial charge in [0.05, 0.1) is 34.6 Å². The summed E-state index contributed by atoms with van der Waals surface area (Å²) in [6.07, 6.45) is 2.67. The van der Waals surface area contributed by atoms with Crippen molar-refractivity contribution in [1.29, 1.82) is 5.26 Å². The van der Waals surface area contributed by atoms with Gasteiger partial charge in [0.15, 0.2) is 0 Å². The molecule has 0 amide bonds. The molecule has 0 radical (unpaired) electrons. The van der Waals surface area contributed by atoms with Crippen LogP contribution in [-0.4, -0.2) is 37.9 Å². The van der Waals surface area contributed by atoms with E-state index in [9.17, 15) is 22.1 Å². The van der Waals surface area contributed by atoms with Crippen LogP contribution in [0.4, 0.5) is 5.69 Å². The van der Waals surface area contributed by atoms with E-state index in [1.807, 2.05) is 28.8 Å². The molecule has 0 unspecified atom stereocenters. The number of nitriles is 1. The zero-order valence-electron chi connectivity index (χ0n) is 16.2. The Bertz CT molecular complexity index is 1300. The van der Waals surface area contributed by atoms with E-state index in [0.29, 0.717) is 20.5 Å². The SMILES string of the molecule is CCS(=O)(=O)N(c1cncc(-c2c(C#N)c3ccccc3n2C)c1)S(=O)(=O)CC. The zero-order valence-corrected chi connectivity index (χ0v) is 17.8. The van der Waals surface area contributed by atoms with Crippen molar-refractivity contribution in [2.24, 2.45) is 7.05 Å². The summed E-state index contributed by atoms with van der Waals surface area (Å²) < 4.78 is 52.4. The van der Waals surface area contributed by atoms with Crippen LogP contribution in [0, 0.1) is 11.3 Å². The molecule has 10 heteroatoms. The Balaban J connectivity index is 2.30. The van der Waals surface area contributed by atoms with Gasteiger partial charge in [0.2, 0.25) is 20.0 Å². The first-order chi connectivity index (χ1) is 13.7. The number of sulfonamides is 2. The third-order valence-corrected chi connectivity index (χ3v) is 8.92. The molecule has 0 saturated heterocycles. The quantitative estimate of drug-likeness (QED) is 0.592. The van der Waals surface area contributed by atoms with Crippen molar-refractivity contribution in [3.8, 4) is 17.3 Å². The number of fused-ring (bicyclic) bond motifs is 1. The van der Waals surface area contributed by atoms with Gasteiger partial charge in [0, 0.05) is 29.7 Å². The second-order valence-corrected chi connectivity index (χ2v) is 10.8. The molecule has 3 rings (SSSR count). The van der Waals surface area contributed by atoms with Crippen LogP contribution in [-0.2, 0) is 27.1 Å². The van der Waals surface area contributed by atoms with Gasteiger partial charge < -0.3 is 4.57 Å². The Morgan fingerprint density at radius 2 is 1.69 bits per heavy atom. The van der Waals surface area contributed by atoms with E-state index in [2.05, 4.69) is 11.1 Å². The molecule has 0 aliphatic rings. The third-order valence-electron chi connectivity index (χ3n) is 4.66. The monoisotopic (exact) mass is 432 g/mol. The summed E-state index contributed by atoms with van der Waals surface area (Å²) in [5.41, 5.74) is 2.13. The van der Waals surface area contributed by atoms with Gasteiger partial charge in [0.1, 0.15) is 6.07 Å². The average Bonchev–Trinajstić information content (AvgIpc) is 3.00. The predicted octanol–water partition coefficient (Wildman–Crippen LogP) is 2.62. The van der Waals surface area contributed by atoms with Crippen LogP contribution < -0.4 is 3.71 Å². The van der Waals surface area contributed by atoms with Crippen LogP contribution in [0.25, 0.3) is 22.2 Å². The summed E-state index contributed by atoms with van der Waals surface area (Å²) in [4.78, 5) is 4.07. The second-order valence-electron chi connectivity index (χ2n) is 6.34. The minimum atomic E-state index is -4.10. The number of nitrogens with zero attached hydrogens (tertiary/aromatic N) is 4. The van der Waals surface area contributed by atoms with E-state index < -0.39 is 20.0 Å². The lowest BCUT2D eigenvalue weighted by Crippen LogP contribution is -2.39. The molecule has 3 aromatic rings. The minimum Gasteiger partial charge on any atom is -0.342 e. The topological polar surface area (TPSA) is 113 Å². The molecular weight excluding hydrogens is 412 g/mol.